The van der Waals surface area contributed by atoms with Crippen molar-refractivity contribution in [2.45, 2.75) is 25.7 Å². The average Bonchev–Trinajstić information content (AvgIpc) is 2.80. The van der Waals surface area contributed by atoms with Crippen LogP contribution in [0.25, 0.3) is 10.4 Å². The van der Waals surface area contributed by atoms with Gasteiger partial charge < -0.3 is 10.8 Å². The molecule has 98 valence electrons. The zero-order valence-corrected chi connectivity index (χ0v) is 11.3. The van der Waals surface area contributed by atoms with Gasteiger partial charge in [0.1, 0.15) is 5.00 Å². The molecule has 0 aliphatic heterocycles. The number of benzene rings is 1. The summed E-state index contributed by atoms with van der Waals surface area (Å²) in [5, 5.41) is 9.42. The monoisotopic (exact) mass is 273 g/mol. The Bertz CT molecular complexity index is 646. The first kappa shape index (κ1) is 12.2. The number of nitrogen functional groups attached to an aromatic ring is 1. The summed E-state index contributed by atoms with van der Waals surface area (Å²) in [6.07, 6.45) is 4.78. The molecule has 0 fully saturated rings. The Balaban J connectivity index is 2.02. The minimum atomic E-state index is -0.960. The summed E-state index contributed by atoms with van der Waals surface area (Å²) in [7, 11) is 0. The fourth-order valence-electron chi connectivity index (χ4n) is 2.60. The molecule has 1 aromatic carbocycles. The second-order valence-electron chi connectivity index (χ2n) is 4.88. The van der Waals surface area contributed by atoms with Crippen LogP contribution < -0.4 is 5.73 Å². The van der Waals surface area contributed by atoms with Gasteiger partial charge >= 0.3 is 5.97 Å². The van der Waals surface area contributed by atoms with Gasteiger partial charge in [0.2, 0.25) is 0 Å². The molecule has 0 spiro atoms. The van der Waals surface area contributed by atoms with E-state index in [0.29, 0.717) is 5.00 Å². The number of rotatable bonds is 2. The van der Waals surface area contributed by atoms with E-state index in [9.17, 15) is 4.79 Å². The maximum absolute atomic E-state index is 11.0. The molecule has 3 rings (SSSR count). The van der Waals surface area contributed by atoms with Crippen LogP contribution in [-0.4, -0.2) is 11.1 Å². The van der Waals surface area contributed by atoms with Crippen LogP contribution in [0.3, 0.4) is 0 Å². The van der Waals surface area contributed by atoms with Gasteiger partial charge in [0.05, 0.1) is 5.56 Å². The fourth-order valence-corrected chi connectivity index (χ4v) is 3.52. The van der Waals surface area contributed by atoms with Crippen molar-refractivity contribution in [3.63, 3.8) is 0 Å². The van der Waals surface area contributed by atoms with Crippen LogP contribution in [-0.2, 0) is 12.8 Å². The number of aromatic carboxylic acids is 1. The number of carboxylic acids is 1. The Hall–Kier alpha value is -1.81. The molecule has 0 amide bonds. The van der Waals surface area contributed by atoms with Crippen molar-refractivity contribution in [1.82, 2.24) is 0 Å². The second-order valence-corrected chi connectivity index (χ2v) is 5.97. The molecule has 0 saturated heterocycles. The maximum Gasteiger partial charge on any atom is 0.338 e. The summed E-state index contributed by atoms with van der Waals surface area (Å²) >= 11 is 1.34. The van der Waals surface area contributed by atoms with Crippen molar-refractivity contribution in [3.05, 3.63) is 41.0 Å². The number of thiophene rings is 1. The number of hydrogen-bond donors (Lipinski definition) is 2. The third-order valence-electron chi connectivity index (χ3n) is 3.62. The van der Waals surface area contributed by atoms with E-state index in [4.69, 9.17) is 10.8 Å². The normalized spacial score (nSPS) is 14.1. The van der Waals surface area contributed by atoms with Crippen molar-refractivity contribution >= 4 is 22.3 Å². The molecule has 0 radical (unpaired) electrons. The van der Waals surface area contributed by atoms with Crippen LogP contribution in [0.2, 0.25) is 0 Å². The molecule has 0 saturated carbocycles. The van der Waals surface area contributed by atoms with Gasteiger partial charge in [0.25, 0.3) is 0 Å². The quantitative estimate of drug-likeness (QED) is 0.879. The predicted octanol–water partition coefficient (Wildman–Crippen LogP) is 3.57. The largest absolute Gasteiger partial charge is 0.478 e. The highest BCUT2D eigenvalue weighted by Gasteiger charge is 2.15. The molecule has 0 bridgehead atoms. The summed E-state index contributed by atoms with van der Waals surface area (Å²) in [6, 6.07) is 8.10. The lowest BCUT2D eigenvalue weighted by Gasteiger charge is -2.16. The van der Waals surface area contributed by atoms with Gasteiger partial charge in [0, 0.05) is 4.88 Å². The van der Waals surface area contributed by atoms with Crippen LogP contribution >= 0.6 is 11.3 Å². The molecular weight excluding hydrogens is 258 g/mol. The number of fused-ring (bicyclic) bond motifs is 1. The summed E-state index contributed by atoms with van der Waals surface area (Å²) in [5.74, 6) is -0.960. The Morgan fingerprint density at radius 2 is 1.89 bits per heavy atom. The third-order valence-corrected chi connectivity index (χ3v) is 4.64. The first-order chi connectivity index (χ1) is 9.15. The van der Waals surface area contributed by atoms with Crippen molar-refractivity contribution in [3.8, 4) is 10.4 Å². The fraction of sp³-hybridized carbons (Fsp3) is 0.267. The minimum Gasteiger partial charge on any atom is -0.478 e. The molecule has 3 nitrogen and oxygen atoms in total. The van der Waals surface area contributed by atoms with Gasteiger partial charge in [-0.15, -0.1) is 11.3 Å². The Morgan fingerprint density at radius 1 is 1.16 bits per heavy atom. The Labute approximate surface area is 115 Å². The first-order valence-corrected chi connectivity index (χ1v) is 7.21. The van der Waals surface area contributed by atoms with Crippen LogP contribution in [0.1, 0.15) is 34.3 Å². The molecule has 0 atom stereocenters. The van der Waals surface area contributed by atoms with Crippen molar-refractivity contribution in [2.75, 3.05) is 5.73 Å². The standard InChI is InChI=1S/C15H15NO2S/c16-14-12(15(17)18)8-13(19-14)11-6-5-9-3-1-2-4-10(9)7-11/h5-8H,1-4,16H2,(H,17,18). The molecule has 1 aliphatic carbocycles. The molecular formula is C15H15NO2S. The predicted molar refractivity (Wildman–Crippen MR) is 77.8 cm³/mol. The molecule has 1 aromatic heterocycles. The van der Waals surface area contributed by atoms with Gasteiger partial charge in [0.15, 0.2) is 0 Å². The number of nitrogens with two attached hydrogens (primary N) is 1. The summed E-state index contributed by atoms with van der Waals surface area (Å²) in [4.78, 5) is 12.0. The zero-order valence-electron chi connectivity index (χ0n) is 10.5. The second kappa shape index (κ2) is 4.70. The van der Waals surface area contributed by atoms with Gasteiger partial charge in [-0.05, 0) is 48.4 Å². The van der Waals surface area contributed by atoms with Gasteiger partial charge in [-0.1, -0.05) is 18.2 Å². The Morgan fingerprint density at radius 3 is 2.58 bits per heavy atom. The van der Waals surface area contributed by atoms with Gasteiger partial charge in [-0.25, -0.2) is 4.79 Å². The highest BCUT2D eigenvalue weighted by Crippen LogP contribution is 2.35. The van der Waals surface area contributed by atoms with Crippen LogP contribution in [0.15, 0.2) is 24.3 Å². The molecule has 19 heavy (non-hydrogen) atoms. The van der Waals surface area contributed by atoms with Crippen LogP contribution in [0.4, 0.5) is 5.00 Å². The smallest absolute Gasteiger partial charge is 0.338 e. The number of aryl methyl sites for hydroxylation is 2. The van der Waals surface area contributed by atoms with Crippen molar-refractivity contribution in [1.29, 1.82) is 0 Å². The van der Waals surface area contributed by atoms with E-state index in [2.05, 4.69) is 18.2 Å². The highest BCUT2D eigenvalue weighted by atomic mass is 32.1. The molecule has 0 unspecified atom stereocenters. The molecule has 4 heteroatoms. The van der Waals surface area contributed by atoms with E-state index >= 15 is 0 Å². The topological polar surface area (TPSA) is 63.3 Å². The van der Waals surface area contributed by atoms with Gasteiger partial charge in [-0.2, -0.15) is 0 Å². The maximum atomic E-state index is 11.0. The lowest BCUT2D eigenvalue weighted by Crippen LogP contribution is -2.02. The van der Waals surface area contributed by atoms with Crippen LogP contribution in [0.5, 0.6) is 0 Å². The molecule has 3 N–H and O–H groups in total. The van der Waals surface area contributed by atoms with Crippen molar-refractivity contribution < 1.29 is 9.90 Å². The van der Waals surface area contributed by atoms with E-state index in [1.165, 1.54) is 35.3 Å². The number of carbonyl (C=O) groups is 1. The van der Waals surface area contributed by atoms with E-state index in [0.717, 1.165) is 23.3 Å². The summed E-state index contributed by atoms with van der Waals surface area (Å²) in [5.41, 5.74) is 9.86. The minimum absolute atomic E-state index is 0.206. The number of hydrogen-bond acceptors (Lipinski definition) is 3. The summed E-state index contributed by atoms with van der Waals surface area (Å²) in [6.45, 7) is 0. The third kappa shape index (κ3) is 2.24. The summed E-state index contributed by atoms with van der Waals surface area (Å²) < 4.78 is 0. The van der Waals surface area contributed by atoms with Gasteiger partial charge in [-0.3, -0.25) is 0 Å². The molecule has 1 aliphatic rings. The lowest BCUT2D eigenvalue weighted by molar-refractivity contribution is 0.0698. The van der Waals surface area contributed by atoms with E-state index in [1.54, 1.807) is 6.07 Å². The van der Waals surface area contributed by atoms with Crippen LogP contribution in [0, 0.1) is 0 Å². The zero-order chi connectivity index (χ0) is 13.4. The molecule has 1 heterocycles. The number of anilines is 1. The Kier molecular flexibility index (Phi) is 3.03. The van der Waals surface area contributed by atoms with E-state index in [1.807, 2.05) is 0 Å². The SMILES string of the molecule is Nc1sc(-c2ccc3c(c2)CCCC3)cc1C(=O)O. The lowest BCUT2D eigenvalue weighted by atomic mass is 9.90. The highest BCUT2D eigenvalue weighted by molar-refractivity contribution is 7.19. The average molecular weight is 273 g/mol. The van der Waals surface area contributed by atoms with Crippen molar-refractivity contribution in [2.24, 2.45) is 0 Å². The van der Waals surface area contributed by atoms with E-state index < -0.39 is 5.97 Å². The number of carboxylic acid groups (broad SMARTS) is 1. The molecule has 2 aromatic rings. The first-order valence-electron chi connectivity index (χ1n) is 6.40. The van der Waals surface area contributed by atoms with E-state index in [-0.39, 0.29) is 5.56 Å².